The van der Waals surface area contributed by atoms with Crippen LogP contribution in [0.4, 0.5) is 18.9 Å². The third-order valence-electron chi connectivity index (χ3n) is 5.58. The zero-order chi connectivity index (χ0) is 22.3. The molecule has 0 saturated carbocycles. The number of carbonyl (C=O) groups excluding carboxylic acids is 1. The Morgan fingerprint density at radius 1 is 1.26 bits per heavy atom. The van der Waals surface area contributed by atoms with Gasteiger partial charge in [-0.15, -0.1) is 0 Å². The molecule has 2 heterocycles. The molecule has 1 aliphatic heterocycles. The number of hydrogen-bond donors (Lipinski definition) is 1. The fraction of sp³-hybridized carbons (Fsp3) is 0.273. The number of Topliss-reactive ketones (excluding diaryl/α,β-unsaturated/α-hetero) is 1. The van der Waals surface area contributed by atoms with E-state index in [0.29, 0.717) is 29.7 Å². The Kier molecular flexibility index (Phi) is 5.31. The van der Waals surface area contributed by atoms with Crippen molar-refractivity contribution in [2.24, 2.45) is 5.92 Å². The first-order chi connectivity index (χ1) is 14.7. The molecular weight excluding hydrogens is 429 g/mol. The van der Waals surface area contributed by atoms with Crippen LogP contribution in [-0.4, -0.2) is 16.6 Å². The van der Waals surface area contributed by atoms with E-state index in [1.807, 2.05) is 0 Å². The molecule has 0 saturated heterocycles. The molecule has 0 bridgehead atoms. The van der Waals surface area contributed by atoms with Gasteiger partial charge >= 0.3 is 6.18 Å². The summed E-state index contributed by atoms with van der Waals surface area (Å²) in [6, 6.07) is 8.32. The summed E-state index contributed by atoms with van der Waals surface area (Å²) in [7, 11) is 0. The molecule has 9 heteroatoms. The molecular formula is C22H16ClF3N4O. The number of allylic oxidation sites excluding steroid dienone is 2. The minimum Gasteiger partial charge on any atom is -0.300 e. The van der Waals surface area contributed by atoms with E-state index in [2.05, 4.69) is 11.1 Å². The first kappa shape index (κ1) is 21.1. The standard InChI is InChI=1S/C22H16ClF3N4O/c23-15-7-6-13(22(24,25)26)9-17(15)30-16-4-1-5-18(31)20(16)19(14(10-27)21(30)28)12-3-2-8-29-11-12/h2-3,6-9,11,14,19,28H,1,4-5H2. The molecule has 31 heavy (non-hydrogen) atoms. The van der Waals surface area contributed by atoms with E-state index in [1.165, 1.54) is 4.90 Å². The molecule has 2 aromatic rings. The van der Waals surface area contributed by atoms with E-state index >= 15 is 0 Å². The summed E-state index contributed by atoms with van der Waals surface area (Å²) in [5, 5.41) is 18.6. The number of hydrogen-bond acceptors (Lipinski definition) is 4. The van der Waals surface area contributed by atoms with E-state index in [-0.39, 0.29) is 28.7 Å². The van der Waals surface area contributed by atoms with Gasteiger partial charge in [0, 0.05) is 36.0 Å². The van der Waals surface area contributed by atoms with Crippen LogP contribution in [0.1, 0.15) is 36.3 Å². The van der Waals surface area contributed by atoms with Gasteiger partial charge in [0.1, 0.15) is 11.8 Å². The minimum atomic E-state index is -4.61. The van der Waals surface area contributed by atoms with Crippen molar-refractivity contribution >= 4 is 28.9 Å². The number of carbonyl (C=O) groups is 1. The first-order valence-electron chi connectivity index (χ1n) is 9.55. The Morgan fingerprint density at radius 2 is 2.03 bits per heavy atom. The zero-order valence-corrected chi connectivity index (χ0v) is 16.8. The van der Waals surface area contributed by atoms with Gasteiger partial charge in [-0.1, -0.05) is 17.7 Å². The molecule has 0 spiro atoms. The number of nitrogens with one attached hydrogen (secondary N) is 1. The number of alkyl halides is 3. The fourth-order valence-corrected chi connectivity index (χ4v) is 4.43. The third-order valence-corrected chi connectivity index (χ3v) is 5.90. The van der Waals surface area contributed by atoms with Gasteiger partial charge in [-0.2, -0.15) is 18.4 Å². The molecule has 0 radical (unpaired) electrons. The van der Waals surface area contributed by atoms with Crippen LogP contribution in [-0.2, 0) is 11.0 Å². The monoisotopic (exact) mass is 444 g/mol. The van der Waals surface area contributed by atoms with Crippen LogP contribution in [0.25, 0.3) is 0 Å². The van der Waals surface area contributed by atoms with Crippen LogP contribution in [0.2, 0.25) is 5.02 Å². The molecule has 1 aliphatic carbocycles. The molecule has 1 aromatic heterocycles. The van der Waals surface area contributed by atoms with Crippen LogP contribution in [0, 0.1) is 22.7 Å². The van der Waals surface area contributed by atoms with Crippen LogP contribution < -0.4 is 4.90 Å². The minimum absolute atomic E-state index is 0.000796. The molecule has 2 aliphatic rings. The van der Waals surface area contributed by atoms with Gasteiger partial charge in [0.05, 0.1) is 22.3 Å². The van der Waals surface area contributed by atoms with Gasteiger partial charge in [-0.3, -0.25) is 20.1 Å². The Morgan fingerprint density at radius 3 is 2.68 bits per heavy atom. The van der Waals surface area contributed by atoms with Gasteiger partial charge in [0.2, 0.25) is 0 Å². The molecule has 1 aromatic carbocycles. The van der Waals surface area contributed by atoms with Gasteiger partial charge in [-0.05, 0) is 42.7 Å². The smallest absolute Gasteiger partial charge is 0.300 e. The number of ketones is 1. The summed E-state index contributed by atoms with van der Waals surface area (Å²) < 4.78 is 40.0. The number of amidine groups is 1. The van der Waals surface area contributed by atoms with E-state index < -0.39 is 23.6 Å². The lowest BCUT2D eigenvalue weighted by molar-refractivity contribution is -0.137. The lowest BCUT2D eigenvalue weighted by atomic mass is 9.72. The summed E-state index contributed by atoms with van der Waals surface area (Å²) in [5.74, 6) is -2.20. The quantitative estimate of drug-likeness (QED) is 0.664. The van der Waals surface area contributed by atoms with Crippen LogP contribution in [0.15, 0.2) is 54.0 Å². The van der Waals surface area contributed by atoms with Crippen molar-refractivity contribution in [3.05, 3.63) is 70.1 Å². The van der Waals surface area contributed by atoms with Crippen molar-refractivity contribution in [3.8, 4) is 6.07 Å². The number of benzene rings is 1. The molecule has 2 unspecified atom stereocenters. The SMILES string of the molecule is N#CC1C(=N)N(c2cc(C(F)(F)F)ccc2Cl)C2=C(C(=O)CCC2)C1c1cccnc1. The van der Waals surface area contributed by atoms with Gasteiger partial charge in [-0.25, -0.2) is 0 Å². The van der Waals surface area contributed by atoms with E-state index in [9.17, 15) is 23.2 Å². The van der Waals surface area contributed by atoms with E-state index in [0.717, 1.165) is 18.2 Å². The maximum Gasteiger partial charge on any atom is 0.416 e. The van der Waals surface area contributed by atoms with Crippen molar-refractivity contribution in [2.75, 3.05) is 4.90 Å². The lowest BCUT2D eigenvalue weighted by Crippen LogP contribution is -2.46. The number of anilines is 1. The predicted octanol–water partition coefficient (Wildman–Crippen LogP) is 5.48. The van der Waals surface area contributed by atoms with Crippen molar-refractivity contribution in [3.63, 3.8) is 0 Å². The van der Waals surface area contributed by atoms with Crippen molar-refractivity contribution < 1.29 is 18.0 Å². The van der Waals surface area contributed by atoms with E-state index in [1.54, 1.807) is 24.5 Å². The molecule has 2 atom stereocenters. The summed E-state index contributed by atoms with van der Waals surface area (Å²) in [5.41, 5.74) is 0.384. The van der Waals surface area contributed by atoms with Crippen LogP contribution in [0.3, 0.4) is 0 Å². The molecule has 4 rings (SSSR count). The number of pyridine rings is 1. The largest absolute Gasteiger partial charge is 0.416 e. The second-order valence-corrected chi connectivity index (χ2v) is 7.80. The maximum absolute atomic E-state index is 13.3. The molecule has 158 valence electrons. The highest BCUT2D eigenvalue weighted by Gasteiger charge is 2.45. The normalized spacial score (nSPS) is 21.7. The number of nitriles is 1. The topological polar surface area (TPSA) is 80.8 Å². The average Bonchev–Trinajstić information content (AvgIpc) is 2.74. The molecule has 1 N–H and O–H groups in total. The number of aromatic nitrogens is 1. The van der Waals surface area contributed by atoms with Crippen molar-refractivity contribution in [1.82, 2.24) is 4.98 Å². The Balaban J connectivity index is 1.97. The van der Waals surface area contributed by atoms with Crippen molar-refractivity contribution in [1.29, 1.82) is 10.7 Å². The van der Waals surface area contributed by atoms with Gasteiger partial charge < -0.3 is 0 Å². The highest BCUT2D eigenvalue weighted by Crippen LogP contribution is 2.47. The highest BCUT2D eigenvalue weighted by molar-refractivity contribution is 6.34. The number of rotatable bonds is 2. The van der Waals surface area contributed by atoms with Crippen LogP contribution >= 0.6 is 11.6 Å². The predicted molar refractivity (Wildman–Crippen MR) is 109 cm³/mol. The average molecular weight is 445 g/mol. The number of nitrogens with zero attached hydrogens (tertiary/aromatic N) is 3. The van der Waals surface area contributed by atoms with Gasteiger partial charge in [0.25, 0.3) is 0 Å². The highest BCUT2D eigenvalue weighted by atomic mass is 35.5. The number of halogens is 4. The zero-order valence-electron chi connectivity index (χ0n) is 16.1. The fourth-order valence-electron chi connectivity index (χ4n) is 4.23. The Bertz CT molecular complexity index is 1140. The van der Waals surface area contributed by atoms with Crippen molar-refractivity contribution in [2.45, 2.75) is 31.4 Å². The Hall–Kier alpha value is -3.18. The summed E-state index contributed by atoms with van der Waals surface area (Å²) in [6.45, 7) is 0. The summed E-state index contributed by atoms with van der Waals surface area (Å²) in [6.07, 6.45) is -0.359. The Labute approximate surface area is 181 Å². The first-order valence-corrected chi connectivity index (χ1v) is 9.93. The molecule has 0 amide bonds. The molecule has 0 fully saturated rings. The second kappa shape index (κ2) is 7.82. The maximum atomic E-state index is 13.3. The third kappa shape index (κ3) is 3.59. The van der Waals surface area contributed by atoms with Gasteiger partial charge in [0.15, 0.2) is 5.78 Å². The van der Waals surface area contributed by atoms with Crippen LogP contribution in [0.5, 0.6) is 0 Å². The second-order valence-electron chi connectivity index (χ2n) is 7.39. The summed E-state index contributed by atoms with van der Waals surface area (Å²) in [4.78, 5) is 18.3. The summed E-state index contributed by atoms with van der Waals surface area (Å²) >= 11 is 6.25. The van der Waals surface area contributed by atoms with E-state index in [4.69, 9.17) is 17.0 Å². The lowest BCUT2D eigenvalue weighted by Gasteiger charge is -2.42. The molecule has 5 nitrogen and oxygen atoms in total.